The average molecular weight is 536 g/mol. The molecule has 0 saturated carbocycles. The zero-order valence-corrected chi connectivity index (χ0v) is 21.3. The van der Waals surface area contributed by atoms with Crippen molar-refractivity contribution < 1.29 is 17.5 Å². The minimum Gasteiger partial charge on any atom is -0.497 e. The highest BCUT2D eigenvalue weighted by Crippen LogP contribution is 2.36. The molecule has 180 valence electrons. The van der Waals surface area contributed by atoms with Crippen LogP contribution in [0.5, 0.6) is 5.75 Å². The van der Waals surface area contributed by atoms with Crippen molar-refractivity contribution in [2.75, 3.05) is 49.2 Å². The lowest BCUT2D eigenvalue weighted by molar-refractivity contribution is 0.415. The number of nitrogens with zero attached hydrogens (tertiary/aromatic N) is 2. The van der Waals surface area contributed by atoms with Gasteiger partial charge in [0.05, 0.1) is 29.2 Å². The first-order valence-corrected chi connectivity index (χ1v) is 12.2. The Balaban J connectivity index is 0.00000385. The van der Waals surface area contributed by atoms with Crippen LogP contribution in [-0.4, -0.2) is 47.7 Å². The van der Waals surface area contributed by atoms with Crippen molar-refractivity contribution in [3.63, 3.8) is 0 Å². The number of methoxy groups -OCH3 is 1. The Kier molecular flexibility index (Phi) is 9.56. The third kappa shape index (κ3) is 6.61. The second kappa shape index (κ2) is 11.7. The number of rotatable bonds is 10. The SMILES string of the molecule is CNCCN(C)c1cc(OC)ccc1Nc1cc(F)c(S(=O)(=O)Nc2nccs2)cc1Cl.Cl. The maximum absolute atomic E-state index is 14.8. The number of thiazole rings is 1. The van der Waals surface area contributed by atoms with E-state index in [1.54, 1.807) is 24.6 Å². The van der Waals surface area contributed by atoms with Gasteiger partial charge in [-0.05, 0) is 25.2 Å². The first-order valence-electron chi connectivity index (χ1n) is 9.47. The van der Waals surface area contributed by atoms with Crippen LogP contribution >= 0.6 is 35.3 Å². The number of nitrogens with one attached hydrogen (secondary N) is 3. The van der Waals surface area contributed by atoms with Crippen molar-refractivity contribution in [1.82, 2.24) is 10.3 Å². The third-order valence-corrected chi connectivity index (χ3v) is 7.03. The lowest BCUT2D eigenvalue weighted by Crippen LogP contribution is -2.27. The van der Waals surface area contributed by atoms with Gasteiger partial charge >= 0.3 is 0 Å². The van der Waals surface area contributed by atoms with Crippen molar-refractivity contribution in [3.05, 3.63) is 52.7 Å². The molecular formula is C20H24Cl2FN5O3S2. The number of anilines is 4. The number of hydrogen-bond donors (Lipinski definition) is 3. The molecule has 0 saturated heterocycles. The number of aromatic nitrogens is 1. The quantitative estimate of drug-likeness (QED) is 0.350. The van der Waals surface area contributed by atoms with Crippen LogP contribution in [0, 0.1) is 5.82 Å². The van der Waals surface area contributed by atoms with Gasteiger partial charge in [-0.1, -0.05) is 11.6 Å². The summed E-state index contributed by atoms with van der Waals surface area (Å²) in [5.41, 5.74) is 1.69. The summed E-state index contributed by atoms with van der Waals surface area (Å²) in [6.07, 6.45) is 1.44. The van der Waals surface area contributed by atoms with Gasteiger partial charge in [0, 0.05) is 43.8 Å². The van der Waals surface area contributed by atoms with Gasteiger partial charge in [-0.25, -0.2) is 17.8 Å². The van der Waals surface area contributed by atoms with Crippen molar-refractivity contribution in [2.45, 2.75) is 4.90 Å². The predicted molar refractivity (Wildman–Crippen MR) is 135 cm³/mol. The summed E-state index contributed by atoms with van der Waals surface area (Å²) < 4.78 is 47.5. The van der Waals surface area contributed by atoms with Gasteiger partial charge in [-0.2, -0.15) is 0 Å². The van der Waals surface area contributed by atoms with Gasteiger partial charge in [-0.15, -0.1) is 23.7 Å². The number of halogens is 3. The van der Waals surface area contributed by atoms with Crippen molar-refractivity contribution in [3.8, 4) is 5.75 Å². The van der Waals surface area contributed by atoms with Crippen molar-refractivity contribution in [2.24, 2.45) is 0 Å². The fourth-order valence-corrected chi connectivity index (χ4v) is 5.03. The number of ether oxygens (including phenoxy) is 1. The van der Waals surface area contributed by atoms with Crippen LogP contribution in [0.4, 0.5) is 26.6 Å². The Hall–Kier alpha value is -2.31. The average Bonchev–Trinajstić information content (AvgIpc) is 3.26. The van der Waals surface area contributed by atoms with E-state index in [4.69, 9.17) is 16.3 Å². The molecule has 3 N–H and O–H groups in total. The molecule has 0 bridgehead atoms. The van der Waals surface area contributed by atoms with Crippen molar-refractivity contribution >= 4 is 67.6 Å². The van der Waals surface area contributed by atoms with Crippen molar-refractivity contribution in [1.29, 1.82) is 0 Å². The van der Waals surface area contributed by atoms with E-state index < -0.39 is 20.7 Å². The van der Waals surface area contributed by atoms with Gasteiger partial charge in [0.15, 0.2) is 5.13 Å². The van der Waals surface area contributed by atoms with Crippen LogP contribution in [0.3, 0.4) is 0 Å². The normalized spacial score (nSPS) is 10.9. The summed E-state index contributed by atoms with van der Waals surface area (Å²) in [6, 6.07) is 7.52. The minimum atomic E-state index is -4.19. The third-order valence-electron chi connectivity index (χ3n) is 4.55. The monoisotopic (exact) mass is 535 g/mol. The smallest absolute Gasteiger partial charge is 0.266 e. The van der Waals surface area contributed by atoms with Crippen LogP contribution in [0.1, 0.15) is 0 Å². The number of hydrogen-bond acceptors (Lipinski definition) is 8. The van der Waals surface area contributed by atoms with Crippen LogP contribution in [0.15, 0.2) is 46.8 Å². The fraction of sp³-hybridized carbons (Fsp3) is 0.250. The molecular weight excluding hydrogens is 512 g/mol. The van der Waals surface area contributed by atoms with E-state index >= 15 is 0 Å². The molecule has 0 aliphatic heterocycles. The molecule has 3 aromatic rings. The van der Waals surface area contributed by atoms with Gasteiger partial charge in [-0.3, -0.25) is 4.72 Å². The second-order valence-corrected chi connectivity index (χ2v) is 9.69. The van der Waals surface area contributed by atoms with E-state index in [0.29, 0.717) is 18.0 Å². The molecule has 0 fully saturated rings. The number of likely N-dealkylation sites (N-methyl/N-ethyl adjacent to an activating group) is 2. The molecule has 0 atom stereocenters. The molecule has 0 aliphatic rings. The van der Waals surface area contributed by atoms with Crippen LogP contribution in [-0.2, 0) is 10.0 Å². The van der Waals surface area contributed by atoms with E-state index in [-0.39, 0.29) is 28.2 Å². The van der Waals surface area contributed by atoms with Gasteiger partial charge in [0.2, 0.25) is 0 Å². The summed E-state index contributed by atoms with van der Waals surface area (Å²) in [6.45, 7) is 1.46. The van der Waals surface area contributed by atoms with Crippen LogP contribution < -0.4 is 25.0 Å². The predicted octanol–water partition coefficient (Wildman–Crippen LogP) is 4.57. The standard InChI is InChI=1S/C20H23ClFN5O3S2.ClH/c1-23-6-8-27(2)18-10-13(30-3)4-5-16(18)25-17-12-15(22)19(11-14(17)21)32(28,29)26-20-24-7-9-31-20;/h4-5,7,9-12,23,25H,6,8H2,1-3H3,(H,24,26);1H. The Labute approximate surface area is 207 Å². The summed E-state index contributed by atoms with van der Waals surface area (Å²) in [5.74, 6) is -0.284. The highest BCUT2D eigenvalue weighted by Gasteiger charge is 2.23. The molecule has 0 unspecified atom stereocenters. The Bertz CT molecular complexity index is 1180. The molecule has 0 radical (unpaired) electrons. The highest BCUT2D eigenvalue weighted by atomic mass is 35.5. The molecule has 13 heteroatoms. The topological polar surface area (TPSA) is 95.6 Å². The Morgan fingerprint density at radius 1 is 1.24 bits per heavy atom. The molecule has 8 nitrogen and oxygen atoms in total. The minimum absolute atomic E-state index is 0. The van der Waals surface area contributed by atoms with E-state index in [0.717, 1.165) is 35.7 Å². The second-order valence-electron chi connectivity index (χ2n) is 6.74. The summed E-state index contributed by atoms with van der Waals surface area (Å²) in [4.78, 5) is 5.29. The van der Waals surface area contributed by atoms with Gasteiger partial charge in [0.25, 0.3) is 10.0 Å². The Morgan fingerprint density at radius 2 is 2.00 bits per heavy atom. The van der Waals surface area contributed by atoms with Crippen LogP contribution in [0.2, 0.25) is 5.02 Å². The molecule has 3 rings (SSSR count). The molecule has 2 aromatic carbocycles. The Morgan fingerprint density at radius 3 is 2.64 bits per heavy atom. The molecule has 1 aromatic heterocycles. The largest absolute Gasteiger partial charge is 0.497 e. The van der Waals surface area contributed by atoms with E-state index in [1.807, 2.05) is 25.1 Å². The highest BCUT2D eigenvalue weighted by molar-refractivity contribution is 7.93. The fourth-order valence-electron chi connectivity index (χ4n) is 2.88. The number of benzene rings is 2. The maximum Gasteiger partial charge on any atom is 0.266 e. The maximum atomic E-state index is 14.8. The lowest BCUT2D eigenvalue weighted by atomic mass is 10.2. The van der Waals surface area contributed by atoms with Gasteiger partial charge < -0.3 is 20.3 Å². The molecule has 1 heterocycles. The summed E-state index contributed by atoms with van der Waals surface area (Å²) in [7, 11) is 1.16. The summed E-state index contributed by atoms with van der Waals surface area (Å²) >= 11 is 7.41. The first kappa shape index (κ1) is 26.9. The zero-order chi connectivity index (χ0) is 23.3. The molecule has 0 aliphatic carbocycles. The van der Waals surface area contributed by atoms with Crippen LogP contribution in [0.25, 0.3) is 0 Å². The summed E-state index contributed by atoms with van der Waals surface area (Å²) in [5, 5.41) is 7.97. The molecule has 0 spiro atoms. The van der Waals surface area contributed by atoms with E-state index in [1.165, 1.54) is 6.20 Å². The molecule has 33 heavy (non-hydrogen) atoms. The van der Waals surface area contributed by atoms with E-state index in [2.05, 4.69) is 20.3 Å². The van der Waals surface area contributed by atoms with E-state index in [9.17, 15) is 12.8 Å². The number of sulfonamides is 1. The van der Waals surface area contributed by atoms with Gasteiger partial charge in [0.1, 0.15) is 16.5 Å². The molecule has 0 amide bonds. The first-order chi connectivity index (χ1) is 15.2. The lowest BCUT2D eigenvalue weighted by Gasteiger charge is -2.24. The zero-order valence-electron chi connectivity index (χ0n) is 18.1.